The first-order valence-electron chi connectivity index (χ1n) is 3.44. The third kappa shape index (κ3) is 2.27. The van der Waals surface area contributed by atoms with Gasteiger partial charge < -0.3 is 5.73 Å². The van der Waals surface area contributed by atoms with Crippen molar-refractivity contribution in [2.75, 3.05) is 6.54 Å². The molecule has 1 rings (SSSR count). The Morgan fingerprint density at radius 2 is 2.23 bits per heavy atom. The molecule has 5 heteroatoms. The summed E-state index contributed by atoms with van der Waals surface area (Å²) < 4.78 is 13.6. The van der Waals surface area contributed by atoms with E-state index in [1.54, 1.807) is 0 Å². The van der Waals surface area contributed by atoms with Crippen molar-refractivity contribution in [3.05, 3.63) is 33.0 Å². The standard InChI is InChI=1S/C8H6BrClFNO/c9-5-1-4(8(13)3-12)7(11)2-6(5)10/h1-2H,3,12H2. The molecule has 0 heterocycles. The molecule has 0 radical (unpaired) electrons. The quantitative estimate of drug-likeness (QED) is 0.660. The van der Waals surface area contributed by atoms with E-state index in [-0.39, 0.29) is 17.1 Å². The van der Waals surface area contributed by atoms with Crippen molar-refractivity contribution >= 4 is 33.3 Å². The molecular weight excluding hydrogens is 260 g/mol. The highest BCUT2D eigenvalue weighted by atomic mass is 79.9. The third-order valence-electron chi connectivity index (χ3n) is 1.50. The maximum absolute atomic E-state index is 13.1. The molecule has 2 N–H and O–H groups in total. The van der Waals surface area contributed by atoms with Gasteiger partial charge in [0.05, 0.1) is 17.1 Å². The van der Waals surface area contributed by atoms with Gasteiger partial charge in [-0.25, -0.2) is 4.39 Å². The highest BCUT2D eigenvalue weighted by Crippen LogP contribution is 2.25. The largest absolute Gasteiger partial charge is 0.324 e. The first-order chi connectivity index (χ1) is 6.06. The van der Waals surface area contributed by atoms with Gasteiger partial charge in [-0.05, 0) is 28.1 Å². The lowest BCUT2D eigenvalue weighted by atomic mass is 10.1. The predicted octanol–water partition coefficient (Wildman–Crippen LogP) is 2.38. The van der Waals surface area contributed by atoms with Crippen LogP contribution < -0.4 is 5.73 Å². The Hall–Kier alpha value is -0.450. The minimum Gasteiger partial charge on any atom is -0.324 e. The topological polar surface area (TPSA) is 43.1 Å². The fourth-order valence-corrected chi connectivity index (χ4v) is 1.34. The zero-order chi connectivity index (χ0) is 10.0. The van der Waals surface area contributed by atoms with Gasteiger partial charge in [0.1, 0.15) is 5.82 Å². The number of Topliss-reactive ketones (excluding diaryl/α,β-unsaturated/α-hetero) is 1. The Bertz CT molecular complexity index is 356. The van der Waals surface area contributed by atoms with E-state index in [1.165, 1.54) is 6.07 Å². The first-order valence-corrected chi connectivity index (χ1v) is 4.61. The summed E-state index contributed by atoms with van der Waals surface area (Å²) in [6, 6.07) is 2.40. The van der Waals surface area contributed by atoms with Gasteiger partial charge in [-0.15, -0.1) is 0 Å². The van der Waals surface area contributed by atoms with E-state index in [1.807, 2.05) is 0 Å². The smallest absolute Gasteiger partial charge is 0.179 e. The number of nitrogens with two attached hydrogens (primary N) is 1. The zero-order valence-corrected chi connectivity index (χ0v) is 8.82. The summed E-state index contributed by atoms with van der Waals surface area (Å²) >= 11 is 8.69. The van der Waals surface area contributed by atoms with Crippen molar-refractivity contribution in [3.8, 4) is 0 Å². The summed E-state index contributed by atoms with van der Waals surface area (Å²) in [7, 11) is 0. The summed E-state index contributed by atoms with van der Waals surface area (Å²) in [6.45, 7) is -0.217. The molecule has 0 spiro atoms. The van der Waals surface area contributed by atoms with Crippen LogP contribution >= 0.6 is 27.5 Å². The molecule has 13 heavy (non-hydrogen) atoms. The van der Waals surface area contributed by atoms with Gasteiger partial charge in [-0.2, -0.15) is 0 Å². The number of carbonyl (C=O) groups excluding carboxylic acids is 1. The van der Waals surface area contributed by atoms with Crippen LogP contribution in [0.3, 0.4) is 0 Å². The second-order valence-corrected chi connectivity index (χ2v) is 3.64. The van der Waals surface area contributed by atoms with Crippen LogP contribution in [0.5, 0.6) is 0 Å². The minimum absolute atomic E-state index is 0.0428. The van der Waals surface area contributed by atoms with Crippen LogP contribution in [0.15, 0.2) is 16.6 Å². The van der Waals surface area contributed by atoms with Crippen LogP contribution in [0.25, 0.3) is 0 Å². The zero-order valence-electron chi connectivity index (χ0n) is 6.48. The van der Waals surface area contributed by atoms with Crippen LogP contribution in [0.4, 0.5) is 4.39 Å². The lowest BCUT2D eigenvalue weighted by molar-refractivity contribution is 0.0997. The maximum atomic E-state index is 13.1. The summed E-state index contributed by atoms with van der Waals surface area (Å²) in [5, 5.41) is 0.228. The second kappa shape index (κ2) is 4.17. The Kier molecular flexibility index (Phi) is 3.41. The fourth-order valence-electron chi connectivity index (χ4n) is 0.846. The van der Waals surface area contributed by atoms with E-state index < -0.39 is 11.6 Å². The third-order valence-corrected chi connectivity index (χ3v) is 2.69. The van der Waals surface area contributed by atoms with Crippen LogP contribution in [0.1, 0.15) is 10.4 Å². The molecule has 2 nitrogen and oxygen atoms in total. The van der Waals surface area contributed by atoms with Gasteiger partial charge in [0.2, 0.25) is 0 Å². The SMILES string of the molecule is NCC(=O)c1cc(Br)c(Cl)cc1F. The van der Waals surface area contributed by atoms with Crippen molar-refractivity contribution in [3.63, 3.8) is 0 Å². The van der Waals surface area contributed by atoms with Gasteiger partial charge in [-0.1, -0.05) is 11.6 Å². The summed E-state index contributed by atoms with van der Waals surface area (Å²) in [5.74, 6) is -1.10. The summed E-state index contributed by atoms with van der Waals surface area (Å²) in [6.07, 6.45) is 0. The Labute approximate surface area is 88.0 Å². The lowest BCUT2D eigenvalue weighted by Gasteiger charge is -2.02. The molecule has 70 valence electrons. The van der Waals surface area contributed by atoms with Crippen LogP contribution in [0.2, 0.25) is 5.02 Å². The molecule has 0 bridgehead atoms. The highest BCUT2D eigenvalue weighted by Gasteiger charge is 2.12. The van der Waals surface area contributed by atoms with Gasteiger partial charge in [-0.3, -0.25) is 4.79 Å². The number of hydrogen-bond donors (Lipinski definition) is 1. The highest BCUT2D eigenvalue weighted by molar-refractivity contribution is 9.10. The average molecular weight is 266 g/mol. The van der Waals surface area contributed by atoms with Crippen molar-refractivity contribution < 1.29 is 9.18 Å². The van der Waals surface area contributed by atoms with E-state index in [0.29, 0.717) is 4.47 Å². The van der Waals surface area contributed by atoms with Crippen LogP contribution in [0, 0.1) is 5.82 Å². The van der Waals surface area contributed by atoms with Crippen molar-refractivity contribution in [1.82, 2.24) is 0 Å². The molecule has 0 saturated carbocycles. The van der Waals surface area contributed by atoms with Crippen molar-refractivity contribution in [2.24, 2.45) is 5.73 Å². The molecule has 0 amide bonds. The van der Waals surface area contributed by atoms with E-state index in [4.69, 9.17) is 17.3 Å². The first kappa shape index (κ1) is 10.6. The molecule has 0 aliphatic rings. The molecule has 0 saturated heterocycles. The molecule has 0 aliphatic carbocycles. The molecular formula is C8H6BrClFNO. The molecule has 0 aliphatic heterocycles. The number of benzene rings is 1. The van der Waals surface area contributed by atoms with Crippen molar-refractivity contribution in [1.29, 1.82) is 0 Å². The van der Waals surface area contributed by atoms with E-state index in [2.05, 4.69) is 15.9 Å². The Morgan fingerprint density at radius 1 is 1.62 bits per heavy atom. The van der Waals surface area contributed by atoms with E-state index in [9.17, 15) is 9.18 Å². The lowest BCUT2D eigenvalue weighted by Crippen LogP contribution is -2.15. The van der Waals surface area contributed by atoms with Crippen LogP contribution in [-0.2, 0) is 0 Å². The van der Waals surface area contributed by atoms with Crippen LogP contribution in [-0.4, -0.2) is 12.3 Å². The van der Waals surface area contributed by atoms with Gasteiger partial charge in [0.25, 0.3) is 0 Å². The van der Waals surface area contributed by atoms with E-state index >= 15 is 0 Å². The minimum atomic E-state index is -0.649. The van der Waals surface area contributed by atoms with Gasteiger partial charge in [0, 0.05) is 4.47 Å². The normalized spacial score (nSPS) is 10.2. The molecule has 1 aromatic carbocycles. The van der Waals surface area contributed by atoms with Crippen molar-refractivity contribution in [2.45, 2.75) is 0 Å². The number of rotatable bonds is 2. The fraction of sp³-hybridized carbons (Fsp3) is 0.125. The summed E-state index contributed by atoms with van der Waals surface area (Å²) in [4.78, 5) is 11.1. The monoisotopic (exact) mass is 265 g/mol. The maximum Gasteiger partial charge on any atom is 0.179 e. The van der Waals surface area contributed by atoms with Gasteiger partial charge >= 0.3 is 0 Å². The molecule has 0 aromatic heterocycles. The molecule has 0 atom stereocenters. The molecule has 0 unspecified atom stereocenters. The van der Waals surface area contributed by atoms with E-state index in [0.717, 1.165) is 6.07 Å². The molecule has 0 fully saturated rings. The molecule has 1 aromatic rings. The predicted molar refractivity (Wildman–Crippen MR) is 52.5 cm³/mol. The summed E-state index contributed by atoms with van der Waals surface area (Å²) in [5.41, 5.74) is 5.05. The number of hydrogen-bond acceptors (Lipinski definition) is 2. The van der Waals surface area contributed by atoms with Gasteiger partial charge in [0.15, 0.2) is 5.78 Å². The average Bonchev–Trinajstić information content (AvgIpc) is 2.10. The Morgan fingerprint density at radius 3 is 2.77 bits per heavy atom. The second-order valence-electron chi connectivity index (χ2n) is 2.37. The number of carbonyl (C=O) groups is 1. The Balaban J connectivity index is 3.23. The number of ketones is 1. The number of halogens is 3.